The van der Waals surface area contributed by atoms with Crippen LogP contribution in [-0.4, -0.2) is 31.6 Å². The second kappa shape index (κ2) is 11.6. The van der Waals surface area contributed by atoms with E-state index in [1.807, 2.05) is 44.3 Å². The molecule has 5 aromatic rings. The standard InChI is InChI=1S/C24H28N2O.C16H17NO2/c1-24(2)13-19-22(20(27)14-24)21-16-10-6-7-11-17(16)26-23(21)18(25-19)12-15-8-4-3-5-9-15;1-16(2)7-13(18)15(14(19)8-16)11-9-17-12-6-4-3-5-10(11)12/h6-7,10-11,15,26H,3-5,8-9,12-14H2,1-2H3;3-6,9,17-18H,7-8H2,1-2H3. The first-order valence-corrected chi connectivity index (χ1v) is 17.0. The average molecular weight is 616 g/mol. The van der Waals surface area contributed by atoms with Crippen molar-refractivity contribution < 1.29 is 14.7 Å². The number of carbonyl (C=O) groups is 2. The van der Waals surface area contributed by atoms with Gasteiger partial charge >= 0.3 is 0 Å². The molecule has 3 aliphatic carbocycles. The van der Waals surface area contributed by atoms with E-state index in [1.54, 1.807) is 0 Å². The number of aliphatic hydroxyl groups excluding tert-OH is 1. The maximum absolute atomic E-state index is 13.1. The number of aromatic amines is 2. The van der Waals surface area contributed by atoms with Gasteiger partial charge in [0.1, 0.15) is 5.76 Å². The lowest BCUT2D eigenvalue weighted by molar-refractivity contribution is -0.116. The Morgan fingerprint density at radius 3 is 2.20 bits per heavy atom. The molecule has 3 heterocycles. The number of allylic oxidation sites excluding steroid dienone is 2. The van der Waals surface area contributed by atoms with Crippen LogP contribution >= 0.6 is 0 Å². The molecule has 3 aromatic heterocycles. The van der Waals surface area contributed by atoms with Crippen LogP contribution in [0.25, 0.3) is 38.3 Å². The molecule has 6 heteroatoms. The van der Waals surface area contributed by atoms with Crippen molar-refractivity contribution in [1.29, 1.82) is 0 Å². The van der Waals surface area contributed by atoms with Crippen molar-refractivity contribution in [2.75, 3.05) is 0 Å². The van der Waals surface area contributed by atoms with Crippen LogP contribution in [0.4, 0.5) is 0 Å². The third kappa shape index (κ3) is 5.67. The number of aliphatic hydroxyl groups is 1. The highest BCUT2D eigenvalue weighted by Gasteiger charge is 2.36. The topological polar surface area (TPSA) is 98.8 Å². The van der Waals surface area contributed by atoms with Crippen molar-refractivity contribution in [3.8, 4) is 0 Å². The third-order valence-electron chi connectivity index (χ3n) is 10.3. The van der Waals surface area contributed by atoms with Crippen molar-refractivity contribution in [3.05, 3.63) is 83.0 Å². The molecule has 0 bridgehead atoms. The molecule has 0 saturated heterocycles. The molecule has 3 aliphatic rings. The van der Waals surface area contributed by atoms with E-state index in [4.69, 9.17) is 4.98 Å². The monoisotopic (exact) mass is 615 g/mol. The Labute approximate surface area is 270 Å². The quantitative estimate of drug-likeness (QED) is 0.188. The van der Waals surface area contributed by atoms with E-state index >= 15 is 0 Å². The molecule has 0 unspecified atom stereocenters. The number of benzene rings is 2. The molecule has 0 aliphatic heterocycles. The molecule has 0 radical (unpaired) electrons. The maximum Gasteiger partial charge on any atom is 0.167 e. The zero-order chi connectivity index (χ0) is 32.2. The van der Waals surface area contributed by atoms with Gasteiger partial charge in [-0.15, -0.1) is 0 Å². The summed E-state index contributed by atoms with van der Waals surface area (Å²) in [7, 11) is 0. The number of aromatic nitrogens is 3. The number of pyridine rings is 1. The van der Waals surface area contributed by atoms with Gasteiger partial charge in [-0.05, 0) is 41.7 Å². The number of Topliss-reactive ketones (excluding diaryl/α,β-unsaturated/α-hetero) is 2. The number of para-hydroxylation sites is 2. The van der Waals surface area contributed by atoms with Gasteiger partial charge in [-0.2, -0.15) is 0 Å². The van der Waals surface area contributed by atoms with Gasteiger partial charge in [0.25, 0.3) is 0 Å². The first kappa shape index (κ1) is 30.5. The van der Waals surface area contributed by atoms with Gasteiger partial charge in [-0.1, -0.05) is 96.2 Å². The van der Waals surface area contributed by atoms with Crippen LogP contribution in [0.5, 0.6) is 0 Å². The second-order valence-corrected chi connectivity index (χ2v) is 15.5. The van der Waals surface area contributed by atoms with E-state index in [1.165, 1.54) is 43.2 Å². The summed E-state index contributed by atoms with van der Waals surface area (Å²) < 4.78 is 0. The van der Waals surface area contributed by atoms with Crippen LogP contribution in [0.1, 0.15) is 106 Å². The van der Waals surface area contributed by atoms with Gasteiger partial charge in [0.05, 0.1) is 22.5 Å². The largest absolute Gasteiger partial charge is 0.512 e. The lowest BCUT2D eigenvalue weighted by Crippen LogP contribution is -2.28. The van der Waals surface area contributed by atoms with Crippen molar-refractivity contribution in [2.24, 2.45) is 16.7 Å². The number of hydrogen-bond donors (Lipinski definition) is 3. The highest BCUT2D eigenvalue weighted by atomic mass is 16.3. The molecule has 0 atom stereocenters. The number of H-pyrrole nitrogens is 2. The summed E-state index contributed by atoms with van der Waals surface area (Å²) in [4.78, 5) is 37.3. The van der Waals surface area contributed by atoms with Crippen LogP contribution in [0.3, 0.4) is 0 Å². The minimum Gasteiger partial charge on any atom is -0.512 e. The van der Waals surface area contributed by atoms with Crippen molar-refractivity contribution in [2.45, 2.75) is 91.9 Å². The van der Waals surface area contributed by atoms with E-state index in [2.05, 4.69) is 48.1 Å². The van der Waals surface area contributed by atoms with Crippen LogP contribution < -0.4 is 0 Å². The van der Waals surface area contributed by atoms with Gasteiger partial charge < -0.3 is 15.1 Å². The lowest BCUT2D eigenvalue weighted by Gasteiger charge is -2.30. The molecule has 2 aromatic carbocycles. The Morgan fingerprint density at radius 2 is 1.46 bits per heavy atom. The Hall–Kier alpha value is -4.19. The van der Waals surface area contributed by atoms with Crippen LogP contribution in [0, 0.1) is 16.7 Å². The lowest BCUT2D eigenvalue weighted by atomic mass is 9.74. The molecule has 1 saturated carbocycles. The van der Waals surface area contributed by atoms with E-state index in [9.17, 15) is 14.7 Å². The molecular weight excluding hydrogens is 570 g/mol. The Morgan fingerprint density at radius 1 is 0.804 bits per heavy atom. The highest BCUT2D eigenvalue weighted by molar-refractivity contribution is 6.25. The van der Waals surface area contributed by atoms with Crippen molar-refractivity contribution in [3.63, 3.8) is 0 Å². The molecule has 3 N–H and O–H groups in total. The molecule has 46 heavy (non-hydrogen) atoms. The molecular formula is C40H45N3O3. The van der Waals surface area contributed by atoms with Gasteiger partial charge in [0.2, 0.25) is 0 Å². The van der Waals surface area contributed by atoms with E-state index in [0.717, 1.165) is 62.9 Å². The zero-order valence-electron chi connectivity index (χ0n) is 27.6. The summed E-state index contributed by atoms with van der Waals surface area (Å²) in [6.45, 7) is 8.39. The number of rotatable bonds is 3. The van der Waals surface area contributed by atoms with Crippen LogP contribution in [0.2, 0.25) is 0 Å². The maximum atomic E-state index is 13.1. The predicted molar refractivity (Wildman–Crippen MR) is 186 cm³/mol. The number of carbonyl (C=O) groups excluding carboxylic acids is 2. The zero-order valence-corrected chi connectivity index (χ0v) is 27.6. The summed E-state index contributed by atoms with van der Waals surface area (Å²) in [6, 6.07) is 16.2. The minimum atomic E-state index is -0.156. The summed E-state index contributed by atoms with van der Waals surface area (Å²) in [5, 5.41) is 13.5. The Balaban J connectivity index is 0.000000157. The number of hydrogen-bond acceptors (Lipinski definition) is 4. The molecule has 0 amide bonds. The van der Waals surface area contributed by atoms with Gasteiger partial charge in [-0.3, -0.25) is 14.6 Å². The van der Waals surface area contributed by atoms with Crippen LogP contribution in [0.15, 0.2) is 60.5 Å². The Bertz CT molecular complexity index is 2020. The molecule has 1 fully saturated rings. The van der Waals surface area contributed by atoms with Crippen molar-refractivity contribution >= 4 is 49.8 Å². The first-order valence-electron chi connectivity index (χ1n) is 17.0. The van der Waals surface area contributed by atoms with Crippen molar-refractivity contribution in [1.82, 2.24) is 15.0 Å². The molecule has 6 nitrogen and oxygen atoms in total. The summed E-state index contributed by atoms with van der Waals surface area (Å²) in [5.41, 5.74) is 7.43. The predicted octanol–water partition coefficient (Wildman–Crippen LogP) is 9.82. The first-order chi connectivity index (χ1) is 22.0. The Kier molecular flexibility index (Phi) is 7.65. The van der Waals surface area contributed by atoms with Gasteiger partial charge in [-0.25, -0.2) is 0 Å². The van der Waals surface area contributed by atoms with E-state index in [-0.39, 0.29) is 28.2 Å². The molecule has 0 spiro atoms. The fourth-order valence-electron chi connectivity index (χ4n) is 8.19. The normalized spacial score (nSPS) is 19.8. The third-order valence-corrected chi connectivity index (χ3v) is 10.3. The van der Waals surface area contributed by atoms with E-state index < -0.39 is 0 Å². The fraction of sp³-hybridized carbons (Fsp3) is 0.425. The van der Waals surface area contributed by atoms with Gasteiger partial charge in [0, 0.05) is 63.8 Å². The summed E-state index contributed by atoms with van der Waals surface area (Å²) in [6.07, 6.45) is 12.1. The van der Waals surface area contributed by atoms with E-state index in [0.29, 0.717) is 24.8 Å². The number of nitrogens with one attached hydrogen (secondary N) is 2. The highest BCUT2D eigenvalue weighted by Crippen LogP contribution is 2.42. The second-order valence-electron chi connectivity index (χ2n) is 15.5. The number of fused-ring (bicyclic) bond motifs is 6. The van der Waals surface area contributed by atoms with Gasteiger partial charge in [0.15, 0.2) is 11.6 Å². The summed E-state index contributed by atoms with van der Waals surface area (Å²) in [5.74, 6) is 1.23. The minimum absolute atomic E-state index is 0.00101. The average Bonchev–Trinajstić information content (AvgIpc) is 3.59. The summed E-state index contributed by atoms with van der Waals surface area (Å²) >= 11 is 0. The molecule has 8 rings (SSSR count). The number of ketones is 2. The number of nitrogens with zero attached hydrogens (tertiary/aromatic N) is 1. The molecule has 238 valence electrons. The SMILES string of the molecule is CC1(C)CC(=O)C(c2c[nH]c3ccccc23)=C(O)C1.CC1(C)CC(=O)c2c(nc(CC3CCCCC3)c3[nH]c4ccccc4c23)C1. The fourth-order valence-corrected chi connectivity index (χ4v) is 8.19. The smallest absolute Gasteiger partial charge is 0.167 e. The van der Waals surface area contributed by atoms with Crippen LogP contribution in [-0.2, 0) is 17.6 Å².